The van der Waals surface area contributed by atoms with Crippen LogP contribution in [0, 0.1) is 0 Å². The van der Waals surface area contributed by atoms with Crippen LogP contribution in [0.2, 0.25) is 0 Å². The Bertz CT molecular complexity index is 1400. The van der Waals surface area contributed by atoms with Crippen molar-refractivity contribution in [3.8, 4) is 40.1 Å². The largest absolute Gasteiger partial charge is 1.00 e. The number of hydrogen-bond acceptors (Lipinski definition) is 13. The Morgan fingerprint density at radius 2 is 1.62 bits per heavy atom. The molecule has 2 heterocycles. The van der Waals surface area contributed by atoms with Crippen molar-refractivity contribution in [2.75, 3.05) is 13.7 Å². The van der Waals surface area contributed by atoms with Gasteiger partial charge in [0, 0.05) is 18.2 Å². The number of carbonyl (C=O) groups is 2. The first-order valence-electron chi connectivity index (χ1n) is 11.4. The van der Waals surface area contributed by atoms with E-state index in [1.807, 2.05) is 0 Å². The highest BCUT2D eigenvalue weighted by molar-refractivity contribution is 5.91. The molecule has 0 radical (unpaired) electrons. The lowest BCUT2D eigenvalue weighted by Gasteiger charge is -2.39. The molecule has 1 aromatic heterocycles. The summed E-state index contributed by atoms with van der Waals surface area (Å²) in [5.41, 5.74) is 0.155. The molecule has 3 aromatic rings. The molecular weight excluding hydrogens is 560 g/mol. The van der Waals surface area contributed by atoms with Gasteiger partial charge in [0.05, 0.1) is 18.7 Å². The topological polar surface area (TPSA) is 224 Å². The number of ether oxygens (including phenoxy) is 4. The Morgan fingerprint density at radius 1 is 0.900 bits per heavy atom. The van der Waals surface area contributed by atoms with E-state index in [-0.39, 0.29) is 46.2 Å². The van der Waals surface area contributed by atoms with Crippen LogP contribution in [0.4, 0.5) is 0 Å². The number of hydrogen-bond donors (Lipinski definition) is 7. The predicted molar refractivity (Wildman–Crippen MR) is 128 cm³/mol. The molecule has 7 N–H and O–H groups in total. The number of phenols is 4. The van der Waals surface area contributed by atoms with E-state index in [9.17, 15) is 45.3 Å². The Labute approximate surface area is 231 Å². The fourth-order valence-electron chi connectivity index (χ4n) is 3.83. The van der Waals surface area contributed by atoms with Gasteiger partial charge in [0.25, 0.3) is 0 Å². The molecule has 40 heavy (non-hydrogen) atoms. The number of benzene rings is 2. The highest BCUT2D eigenvalue weighted by Crippen LogP contribution is 2.42. The smallest absolute Gasteiger partial charge is 0.402 e. The molecule has 1 aliphatic rings. The van der Waals surface area contributed by atoms with Crippen molar-refractivity contribution < 1.29 is 81.1 Å². The lowest BCUT2D eigenvalue weighted by molar-refractivity contribution is -0.278. The Hall–Kier alpha value is -4.08. The number of methoxy groups -OCH3 is 1. The number of aromatic hydroxyl groups is 4. The summed E-state index contributed by atoms with van der Waals surface area (Å²) in [5, 5.41) is 71.2. The highest BCUT2D eigenvalue weighted by atomic mass is 35.5. The minimum absolute atomic E-state index is 0. The van der Waals surface area contributed by atoms with Crippen molar-refractivity contribution in [2.45, 2.75) is 37.1 Å². The molecule has 2 aromatic carbocycles. The average molecular weight is 585 g/mol. The van der Waals surface area contributed by atoms with E-state index in [1.165, 1.54) is 24.3 Å². The van der Waals surface area contributed by atoms with Gasteiger partial charge in [-0.25, -0.2) is 4.42 Å². The second kappa shape index (κ2) is 12.4. The molecule has 1 aliphatic heterocycles. The number of phenolic OH excluding ortho intramolecular Hbond substituents is 4. The summed E-state index contributed by atoms with van der Waals surface area (Å²) in [5.74, 6) is -3.79. The third-order valence-corrected chi connectivity index (χ3v) is 5.89. The monoisotopic (exact) mass is 584 g/mol. The molecule has 0 saturated carbocycles. The molecule has 4 rings (SSSR count). The zero-order chi connectivity index (χ0) is 28.4. The molecule has 0 amide bonds. The van der Waals surface area contributed by atoms with Gasteiger partial charge in [-0.15, -0.1) is 0 Å². The highest BCUT2D eigenvalue weighted by Gasteiger charge is 2.46. The van der Waals surface area contributed by atoms with Crippen LogP contribution in [0.3, 0.4) is 0 Å². The molecule has 0 spiro atoms. The molecule has 1 fully saturated rings. The summed E-state index contributed by atoms with van der Waals surface area (Å²) >= 11 is 0. The fraction of sp³-hybridized carbons (Fsp3) is 0.320. The Morgan fingerprint density at radius 3 is 2.30 bits per heavy atom. The summed E-state index contributed by atoms with van der Waals surface area (Å²) in [6.45, 7) is -0.624. The quantitative estimate of drug-likeness (QED) is 0.0660. The second-order valence-electron chi connectivity index (χ2n) is 8.59. The van der Waals surface area contributed by atoms with Crippen molar-refractivity contribution in [3.05, 3.63) is 36.4 Å². The third kappa shape index (κ3) is 6.38. The van der Waals surface area contributed by atoms with E-state index in [0.29, 0.717) is 0 Å². The first-order valence-corrected chi connectivity index (χ1v) is 11.4. The molecule has 15 heteroatoms. The van der Waals surface area contributed by atoms with E-state index < -0.39 is 72.9 Å². The number of rotatable bonds is 7. The molecular formula is C25H25ClO14. The Kier molecular flexibility index (Phi) is 9.44. The first kappa shape index (κ1) is 30.5. The number of aliphatic hydroxyl groups excluding tert-OH is 3. The predicted octanol–water partition coefficient (Wildman–Crippen LogP) is -2.50. The van der Waals surface area contributed by atoms with Gasteiger partial charge >= 0.3 is 23.3 Å². The first-order chi connectivity index (χ1) is 18.5. The molecule has 0 unspecified atom stereocenters. The zero-order valence-corrected chi connectivity index (χ0v) is 21.4. The number of fused-ring (bicyclic) bond motifs is 1. The zero-order valence-electron chi connectivity index (χ0n) is 20.6. The van der Waals surface area contributed by atoms with Gasteiger partial charge in [0.1, 0.15) is 54.3 Å². The number of carbonyl (C=O) groups excluding carboxylic acids is 2. The second-order valence-corrected chi connectivity index (χ2v) is 8.59. The maximum absolute atomic E-state index is 11.8. The van der Waals surface area contributed by atoms with Crippen LogP contribution in [-0.2, 0) is 23.8 Å². The Balaban J connectivity index is 0.00000441. The standard InChI is InChI=1S/C25H24O14.ClH/c1-35-19(30)8-20(31)36-9-18-21(32)22(33)23(34)25(39-18)38-17-7-12-14(28)5-11(26)6-16(12)37-24(17)10-2-3-13(27)15(29)4-10;/h2-7,18,21-23,25,32-34H,8-9H2,1H3,(H3-,26,27,28,29);1H/t18-,21-,22+,23-,25-;/m1./s1. The van der Waals surface area contributed by atoms with Crippen LogP contribution in [0.1, 0.15) is 6.42 Å². The van der Waals surface area contributed by atoms with Crippen molar-refractivity contribution in [2.24, 2.45) is 0 Å². The SMILES string of the molecule is COC(=O)CC(=O)OC[C@H]1O[C@@H](Oc2cc3c(O)cc(O)cc3[o+]c2-c2ccc(O)c(O)c2)[C@H](O)[C@@H](O)[C@@H]1O.[Cl-]. The van der Waals surface area contributed by atoms with Gasteiger partial charge in [-0.3, -0.25) is 9.59 Å². The number of esters is 2. The molecule has 0 aliphatic carbocycles. The normalized spacial score (nSPS) is 22.2. The van der Waals surface area contributed by atoms with Gasteiger partial charge in [0.15, 0.2) is 11.5 Å². The van der Waals surface area contributed by atoms with Crippen molar-refractivity contribution in [1.29, 1.82) is 0 Å². The molecule has 0 bridgehead atoms. The number of aliphatic hydroxyl groups is 3. The van der Waals surface area contributed by atoms with Gasteiger partial charge in [-0.1, -0.05) is 0 Å². The van der Waals surface area contributed by atoms with E-state index in [0.717, 1.165) is 19.2 Å². The summed E-state index contributed by atoms with van der Waals surface area (Å²) in [6, 6.07) is 7.17. The lowest BCUT2D eigenvalue weighted by Crippen LogP contribution is -3.00. The van der Waals surface area contributed by atoms with Crippen molar-refractivity contribution in [1.82, 2.24) is 0 Å². The van der Waals surface area contributed by atoms with Crippen LogP contribution < -0.4 is 17.1 Å². The molecule has 14 nitrogen and oxygen atoms in total. The van der Waals surface area contributed by atoms with Gasteiger partial charge < -0.3 is 67.1 Å². The number of halogens is 1. The fourth-order valence-corrected chi connectivity index (χ4v) is 3.83. The maximum atomic E-state index is 11.8. The van der Waals surface area contributed by atoms with Crippen LogP contribution >= 0.6 is 0 Å². The van der Waals surface area contributed by atoms with E-state index in [2.05, 4.69) is 4.74 Å². The van der Waals surface area contributed by atoms with Crippen LogP contribution in [-0.4, -0.2) is 92.1 Å². The van der Waals surface area contributed by atoms with Gasteiger partial charge in [-0.2, -0.15) is 0 Å². The summed E-state index contributed by atoms with van der Waals surface area (Å²) in [4.78, 5) is 23.1. The van der Waals surface area contributed by atoms with Crippen LogP contribution in [0.25, 0.3) is 22.3 Å². The molecule has 1 saturated heterocycles. The summed E-state index contributed by atoms with van der Waals surface area (Å²) in [7, 11) is 1.08. The molecule has 216 valence electrons. The lowest BCUT2D eigenvalue weighted by atomic mass is 9.99. The third-order valence-electron chi connectivity index (χ3n) is 5.89. The molecule has 5 atom stereocenters. The minimum Gasteiger partial charge on any atom is -1.00 e. The van der Waals surface area contributed by atoms with Crippen molar-refractivity contribution in [3.63, 3.8) is 0 Å². The van der Waals surface area contributed by atoms with Crippen molar-refractivity contribution >= 4 is 22.9 Å². The summed E-state index contributed by atoms with van der Waals surface area (Å²) < 4.78 is 26.4. The van der Waals surface area contributed by atoms with E-state index >= 15 is 0 Å². The van der Waals surface area contributed by atoms with E-state index in [4.69, 9.17) is 18.6 Å². The average Bonchev–Trinajstić information content (AvgIpc) is 2.89. The van der Waals surface area contributed by atoms with Gasteiger partial charge in [-0.05, 0) is 12.1 Å². The van der Waals surface area contributed by atoms with Crippen LogP contribution in [0.5, 0.6) is 28.7 Å². The summed E-state index contributed by atoms with van der Waals surface area (Å²) in [6.07, 6.45) is -9.16. The maximum Gasteiger partial charge on any atom is 0.402 e. The van der Waals surface area contributed by atoms with Crippen LogP contribution in [0.15, 0.2) is 40.8 Å². The van der Waals surface area contributed by atoms with E-state index in [1.54, 1.807) is 0 Å². The minimum atomic E-state index is -1.83. The van der Waals surface area contributed by atoms with Gasteiger partial charge in [0.2, 0.25) is 12.0 Å².